The number of ether oxygens (including phenoxy) is 1. The first-order valence-electron chi connectivity index (χ1n) is 3.70. The summed E-state index contributed by atoms with van der Waals surface area (Å²) in [6.45, 7) is 7.58. The molecule has 0 aliphatic carbocycles. The molecule has 10 heavy (non-hydrogen) atoms. The lowest BCUT2D eigenvalue weighted by atomic mass is 10.2. The van der Waals surface area contributed by atoms with Gasteiger partial charge in [-0.25, -0.2) is 0 Å². The van der Waals surface area contributed by atoms with Crippen molar-refractivity contribution in [2.45, 2.75) is 19.4 Å². The van der Waals surface area contributed by atoms with Crippen LogP contribution in [0.4, 0.5) is 0 Å². The number of nitrogens with one attached hydrogen (secondary N) is 1. The summed E-state index contributed by atoms with van der Waals surface area (Å²) in [4.78, 5) is 0. The van der Waals surface area contributed by atoms with Crippen molar-refractivity contribution in [3.8, 4) is 0 Å². The fraction of sp³-hybridized carbons (Fsp3) is 0.750. The molecule has 60 valence electrons. The van der Waals surface area contributed by atoms with Gasteiger partial charge in [-0.15, -0.1) is 6.58 Å². The molecule has 0 spiro atoms. The maximum absolute atomic E-state index is 4.93. The SMILES string of the molecule is C=CC(CCOC)NCC. The Bertz CT molecular complexity index is 83.3. The number of methoxy groups -OCH3 is 1. The van der Waals surface area contributed by atoms with E-state index in [1.54, 1.807) is 7.11 Å². The van der Waals surface area contributed by atoms with Crippen LogP contribution in [0.15, 0.2) is 12.7 Å². The van der Waals surface area contributed by atoms with Crippen LogP contribution in [0.3, 0.4) is 0 Å². The van der Waals surface area contributed by atoms with E-state index >= 15 is 0 Å². The van der Waals surface area contributed by atoms with Gasteiger partial charge in [0, 0.05) is 19.8 Å². The number of hydrogen-bond acceptors (Lipinski definition) is 2. The molecule has 0 aliphatic heterocycles. The van der Waals surface area contributed by atoms with Crippen LogP contribution in [0.2, 0.25) is 0 Å². The maximum atomic E-state index is 4.93. The molecule has 2 nitrogen and oxygen atoms in total. The summed E-state index contributed by atoms with van der Waals surface area (Å²) in [5, 5.41) is 3.27. The van der Waals surface area contributed by atoms with Gasteiger partial charge in [-0.05, 0) is 13.0 Å². The predicted molar refractivity (Wildman–Crippen MR) is 44.2 cm³/mol. The Hall–Kier alpha value is -0.340. The molecule has 0 bridgehead atoms. The maximum Gasteiger partial charge on any atom is 0.0480 e. The monoisotopic (exact) mass is 143 g/mol. The van der Waals surface area contributed by atoms with Crippen molar-refractivity contribution < 1.29 is 4.74 Å². The molecular formula is C8H17NO. The average Bonchev–Trinajstić information content (AvgIpc) is 1.98. The Kier molecular flexibility index (Phi) is 6.55. The smallest absolute Gasteiger partial charge is 0.0480 e. The summed E-state index contributed by atoms with van der Waals surface area (Å²) in [6.07, 6.45) is 2.93. The van der Waals surface area contributed by atoms with Gasteiger partial charge in [0.15, 0.2) is 0 Å². The van der Waals surface area contributed by atoms with Crippen LogP contribution < -0.4 is 5.32 Å². The molecule has 1 N–H and O–H groups in total. The molecule has 1 atom stereocenters. The van der Waals surface area contributed by atoms with E-state index in [0.717, 1.165) is 19.6 Å². The van der Waals surface area contributed by atoms with Gasteiger partial charge in [0.25, 0.3) is 0 Å². The molecule has 0 aliphatic rings. The van der Waals surface area contributed by atoms with Crippen molar-refractivity contribution in [1.82, 2.24) is 5.32 Å². The van der Waals surface area contributed by atoms with Crippen molar-refractivity contribution in [2.24, 2.45) is 0 Å². The molecular weight excluding hydrogens is 126 g/mol. The van der Waals surface area contributed by atoms with Crippen molar-refractivity contribution >= 4 is 0 Å². The van der Waals surface area contributed by atoms with Crippen molar-refractivity contribution in [1.29, 1.82) is 0 Å². The van der Waals surface area contributed by atoms with E-state index in [-0.39, 0.29) is 0 Å². The third-order valence-electron chi connectivity index (χ3n) is 1.38. The van der Waals surface area contributed by atoms with Crippen LogP contribution >= 0.6 is 0 Å². The Labute approximate surface area is 63.3 Å². The van der Waals surface area contributed by atoms with E-state index in [1.165, 1.54) is 0 Å². The summed E-state index contributed by atoms with van der Waals surface area (Å²) in [5.74, 6) is 0. The first-order valence-corrected chi connectivity index (χ1v) is 3.70. The molecule has 0 fully saturated rings. The second-order valence-electron chi connectivity index (χ2n) is 2.18. The normalized spacial score (nSPS) is 13.0. The predicted octanol–water partition coefficient (Wildman–Crippen LogP) is 1.19. The highest BCUT2D eigenvalue weighted by Gasteiger charge is 1.98. The van der Waals surface area contributed by atoms with Crippen LogP contribution in [-0.2, 0) is 4.74 Å². The lowest BCUT2D eigenvalue weighted by Gasteiger charge is -2.11. The third kappa shape index (κ3) is 4.53. The van der Waals surface area contributed by atoms with Crippen molar-refractivity contribution in [3.63, 3.8) is 0 Å². The van der Waals surface area contributed by atoms with E-state index < -0.39 is 0 Å². The molecule has 0 radical (unpaired) electrons. The second-order valence-corrected chi connectivity index (χ2v) is 2.18. The van der Waals surface area contributed by atoms with Gasteiger partial charge in [-0.2, -0.15) is 0 Å². The minimum atomic E-state index is 0.407. The molecule has 0 rings (SSSR count). The fourth-order valence-electron chi connectivity index (χ4n) is 0.810. The summed E-state index contributed by atoms with van der Waals surface area (Å²) < 4.78 is 4.93. The summed E-state index contributed by atoms with van der Waals surface area (Å²) in [7, 11) is 1.71. The highest BCUT2D eigenvalue weighted by Crippen LogP contribution is 1.92. The zero-order valence-corrected chi connectivity index (χ0v) is 6.89. The van der Waals surface area contributed by atoms with Crippen molar-refractivity contribution in [2.75, 3.05) is 20.3 Å². The number of hydrogen-bond donors (Lipinski definition) is 1. The summed E-state index contributed by atoms with van der Waals surface area (Å²) >= 11 is 0. The zero-order chi connectivity index (χ0) is 7.82. The van der Waals surface area contributed by atoms with E-state index in [0.29, 0.717) is 6.04 Å². The molecule has 0 saturated heterocycles. The lowest BCUT2D eigenvalue weighted by molar-refractivity contribution is 0.188. The first kappa shape index (κ1) is 9.66. The molecule has 0 aromatic heterocycles. The van der Waals surface area contributed by atoms with Crippen LogP contribution in [0.5, 0.6) is 0 Å². The molecule has 0 aromatic rings. The van der Waals surface area contributed by atoms with E-state index in [9.17, 15) is 0 Å². The Morgan fingerprint density at radius 2 is 2.40 bits per heavy atom. The van der Waals surface area contributed by atoms with Gasteiger partial charge >= 0.3 is 0 Å². The third-order valence-corrected chi connectivity index (χ3v) is 1.38. The minimum Gasteiger partial charge on any atom is -0.385 e. The molecule has 0 amide bonds. The van der Waals surface area contributed by atoms with E-state index in [4.69, 9.17) is 4.74 Å². The highest BCUT2D eigenvalue weighted by molar-refractivity contribution is 4.84. The number of rotatable bonds is 6. The Morgan fingerprint density at radius 1 is 1.70 bits per heavy atom. The molecule has 0 aromatic carbocycles. The highest BCUT2D eigenvalue weighted by atomic mass is 16.5. The van der Waals surface area contributed by atoms with Crippen LogP contribution in [0.1, 0.15) is 13.3 Å². The number of likely N-dealkylation sites (N-methyl/N-ethyl adjacent to an activating group) is 1. The molecule has 1 unspecified atom stereocenters. The van der Waals surface area contributed by atoms with Gasteiger partial charge in [0.05, 0.1) is 0 Å². The minimum absolute atomic E-state index is 0.407. The lowest BCUT2D eigenvalue weighted by Crippen LogP contribution is -2.27. The average molecular weight is 143 g/mol. The van der Waals surface area contributed by atoms with Gasteiger partial charge in [0.1, 0.15) is 0 Å². The second kappa shape index (κ2) is 6.78. The standard InChI is InChI=1S/C8H17NO/c1-4-8(9-5-2)6-7-10-3/h4,8-9H,1,5-7H2,2-3H3. The van der Waals surface area contributed by atoms with Crippen LogP contribution in [0.25, 0.3) is 0 Å². The summed E-state index contributed by atoms with van der Waals surface area (Å²) in [6, 6.07) is 0.407. The topological polar surface area (TPSA) is 21.3 Å². The first-order chi connectivity index (χ1) is 4.85. The van der Waals surface area contributed by atoms with E-state index in [1.807, 2.05) is 6.08 Å². The largest absolute Gasteiger partial charge is 0.385 e. The molecule has 0 saturated carbocycles. The quantitative estimate of drug-likeness (QED) is 0.564. The van der Waals surface area contributed by atoms with Crippen LogP contribution in [-0.4, -0.2) is 26.3 Å². The van der Waals surface area contributed by atoms with E-state index in [2.05, 4.69) is 18.8 Å². The van der Waals surface area contributed by atoms with Crippen molar-refractivity contribution in [3.05, 3.63) is 12.7 Å². The van der Waals surface area contributed by atoms with Gasteiger partial charge in [-0.3, -0.25) is 0 Å². The van der Waals surface area contributed by atoms with Gasteiger partial charge in [-0.1, -0.05) is 13.0 Å². The molecule has 0 heterocycles. The fourth-order valence-corrected chi connectivity index (χ4v) is 0.810. The Balaban J connectivity index is 3.29. The zero-order valence-electron chi connectivity index (χ0n) is 6.89. The Morgan fingerprint density at radius 3 is 2.80 bits per heavy atom. The van der Waals surface area contributed by atoms with Gasteiger partial charge < -0.3 is 10.1 Å². The summed E-state index contributed by atoms with van der Waals surface area (Å²) in [5.41, 5.74) is 0. The molecule has 2 heteroatoms. The van der Waals surface area contributed by atoms with Gasteiger partial charge in [0.2, 0.25) is 0 Å². The van der Waals surface area contributed by atoms with Crippen LogP contribution in [0, 0.1) is 0 Å².